The lowest BCUT2D eigenvalue weighted by Crippen LogP contribution is -2.19. The molecule has 0 radical (unpaired) electrons. The second-order valence-corrected chi connectivity index (χ2v) is 6.81. The van der Waals surface area contributed by atoms with E-state index in [2.05, 4.69) is 35.1 Å². The minimum Gasteiger partial charge on any atom is -0.279 e. The highest BCUT2D eigenvalue weighted by Crippen LogP contribution is 2.36. The van der Waals surface area contributed by atoms with Crippen LogP contribution >= 0.6 is 11.6 Å². The van der Waals surface area contributed by atoms with Crippen LogP contribution in [-0.4, -0.2) is 19.4 Å². The van der Waals surface area contributed by atoms with Gasteiger partial charge in [-0.1, -0.05) is 32.4 Å². The van der Waals surface area contributed by atoms with Gasteiger partial charge in [-0.05, 0) is 24.3 Å². The Kier molecular flexibility index (Phi) is 2.69. The van der Waals surface area contributed by atoms with Gasteiger partial charge < -0.3 is 0 Å². The summed E-state index contributed by atoms with van der Waals surface area (Å²) < 4.78 is 2.07. The van der Waals surface area contributed by atoms with E-state index in [0.29, 0.717) is 10.7 Å². The van der Waals surface area contributed by atoms with Gasteiger partial charge in [0.05, 0.1) is 10.5 Å². The molecule has 22 heavy (non-hydrogen) atoms. The van der Waals surface area contributed by atoms with Crippen molar-refractivity contribution in [2.24, 2.45) is 0 Å². The van der Waals surface area contributed by atoms with Gasteiger partial charge in [-0.15, -0.1) is 0 Å². The molecule has 0 saturated heterocycles. The second-order valence-electron chi connectivity index (χ2n) is 6.43. The first-order valence-corrected chi connectivity index (χ1v) is 7.56. The average molecular weight is 311 g/mol. The molecule has 4 aromatic heterocycles. The predicted octanol–water partition coefficient (Wildman–Crippen LogP) is 4.38. The van der Waals surface area contributed by atoms with Gasteiger partial charge in [-0.25, -0.2) is 15.0 Å². The number of rotatable bonds is 0. The number of fused-ring (bicyclic) bond motifs is 5. The van der Waals surface area contributed by atoms with Crippen molar-refractivity contribution in [3.05, 3.63) is 47.5 Å². The van der Waals surface area contributed by atoms with E-state index in [1.165, 1.54) is 0 Å². The van der Waals surface area contributed by atoms with Crippen LogP contribution in [0.5, 0.6) is 0 Å². The summed E-state index contributed by atoms with van der Waals surface area (Å²) in [6, 6.07) is 7.80. The summed E-state index contributed by atoms with van der Waals surface area (Å²) in [5, 5.41) is 2.58. The maximum Gasteiger partial charge on any atom is 0.163 e. The normalized spacial score (nSPS) is 12.5. The number of pyridine rings is 2. The van der Waals surface area contributed by atoms with Gasteiger partial charge >= 0.3 is 0 Å². The smallest absolute Gasteiger partial charge is 0.163 e. The Morgan fingerprint density at radius 2 is 1.68 bits per heavy atom. The van der Waals surface area contributed by atoms with E-state index < -0.39 is 0 Å². The summed E-state index contributed by atoms with van der Waals surface area (Å²) >= 11 is 6.67. The van der Waals surface area contributed by atoms with Gasteiger partial charge in [0.25, 0.3) is 0 Å². The average Bonchev–Trinajstić information content (AvgIpc) is 2.80. The largest absolute Gasteiger partial charge is 0.279 e. The standard InChI is InChI=1S/C17H15ClN4/c1-17(2,3)16-21-14-11(7-5-8-19-14)13-12(18)10-6-4-9-20-15(10)22(13)16/h4-9H,1-3H3. The van der Waals surface area contributed by atoms with E-state index in [4.69, 9.17) is 16.6 Å². The molecule has 0 unspecified atom stereocenters. The zero-order valence-electron chi connectivity index (χ0n) is 12.6. The van der Waals surface area contributed by atoms with Crippen LogP contribution in [0.3, 0.4) is 0 Å². The second kappa shape index (κ2) is 4.40. The summed E-state index contributed by atoms with van der Waals surface area (Å²) in [5.41, 5.74) is 2.32. The first kappa shape index (κ1) is 13.5. The highest BCUT2D eigenvalue weighted by atomic mass is 35.5. The van der Waals surface area contributed by atoms with Gasteiger partial charge in [0.2, 0.25) is 0 Å². The van der Waals surface area contributed by atoms with Crippen molar-refractivity contribution < 1.29 is 0 Å². The lowest BCUT2D eigenvalue weighted by Gasteiger charge is -2.20. The van der Waals surface area contributed by atoms with Crippen LogP contribution in [0.2, 0.25) is 5.02 Å². The fourth-order valence-corrected chi connectivity index (χ4v) is 3.18. The molecule has 5 heteroatoms. The third kappa shape index (κ3) is 1.74. The van der Waals surface area contributed by atoms with Gasteiger partial charge in [-0.2, -0.15) is 0 Å². The van der Waals surface area contributed by atoms with Crippen LogP contribution in [0.1, 0.15) is 26.6 Å². The van der Waals surface area contributed by atoms with E-state index in [9.17, 15) is 0 Å². The molecule has 4 heterocycles. The third-order valence-corrected chi connectivity index (χ3v) is 4.19. The molecule has 0 atom stereocenters. The van der Waals surface area contributed by atoms with Crippen LogP contribution in [0.4, 0.5) is 0 Å². The number of halogens is 1. The molecule has 0 spiro atoms. The van der Waals surface area contributed by atoms with Crippen LogP contribution in [-0.2, 0) is 5.41 Å². The van der Waals surface area contributed by atoms with Crippen molar-refractivity contribution in [3.8, 4) is 0 Å². The van der Waals surface area contributed by atoms with E-state index in [1.54, 1.807) is 12.4 Å². The maximum atomic E-state index is 6.67. The Labute approximate surface area is 132 Å². The number of nitrogens with zero attached hydrogens (tertiary/aromatic N) is 4. The molecule has 4 nitrogen and oxygen atoms in total. The Hall–Kier alpha value is -2.20. The minimum atomic E-state index is -0.156. The number of hydrogen-bond donors (Lipinski definition) is 0. The summed E-state index contributed by atoms with van der Waals surface area (Å²) in [5.74, 6) is 0.907. The molecule has 0 aromatic carbocycles. The van der Waals surface area contributed by atoms with Gasteiger partial charge in [0.15, 0.2) is 5.65 Å². The summed E-state index contributed by atoms with van der Waals surface area (Å²) in [7, 11) is 0. The van der Waals surface area contributed by atoms with Crippen LogP contribution in [0.25, 0.3) is 27.6 Å². The van der Waals surface area contributed by atoms with E-state index >= 15 is 0 Å². The van der Waals surface area contributed by atoms with Crippen LogP contribution in [0.15, 0.2) is 36.7 Å². The van der Waals surface area contributed by atoms with Crippen molar-refractivity contribution in [3.63, 3.8) is 0 Å². The molecule has 110 valence electrons. The summed E-state index contributed by atoms with van der Waals surface area (Å²) in [4.78, 5) is 13.7. The number of hydrogen-bond acceptors (Lipinski definition) is 3. The van der Waals surface area contributed by atoms with E-state index in [1.807, 2.05) is 24.3 Å². The molecule has 0 aliphatic rings. The predicted molar refractivity (Wildman–Crippen MR) is 89.5 cm³/mol. The summed E-state index contributed by atoms with van der Waals surface area (Å²) in [6.45, 7) is 6.39. The number of aromatic nitrogens is 4. The molecule has 0 saturated carbocycles. The molecular formula is C17H15ClN4. The first-order valence-electron chi connectivity index (χ1n) is 7.18. The highest BCUT2D eigenvalue weighted by Gasteiger charge is 2.25. The molecule has 0 bridgehead atoms. The molecule has 0 aliphatic heterocycles. The molecule has 0 aliphatic carbocycles. The summed E-state index contributed by atoms with van der Waals surface area (Å²) in [6.07, 6.45) is 3.54. The Balaban J connectivity index is 2.39. The van der Waals surface area contributed by atoms with Crippen LogP contribution < -0.4 is 0 Å². The van der Waals surface area contributed by atoms with Crippen molar-refractivity contribution in [1.29, 1.82) is 0 Å². The van der Waals surface area contributed by atoms with E-state index in [0.717, 1.165) is 27.8 Å². The molecule has 4 rings (SSSR count). The van der Waals surface area contributed by atoms with Gasteiger partial charge in [-0.3, -0.25) is 4.40 Å². The highest BCUT2D eigenvalue weighted by molar-refractivity contribution is 6.40. The molecular weight excluding hydrogens is 296 g/mol. The third-order valence-electron chi connectivity index (χ3n) is 3.80. The minimum absolute atomic E-state index is 0.156. The first-order chi connectivity index (χ1) is 10.5. The Bertz CT molecular complexity index is 1030. The zero-order valence-corrected chi connectivity index (χ0v) is 13.4. The SMILES string of the molecule is CC(C)(C)c1nc2ncccc2c2c(Cl)c3cccnc3n12. The maximum absolute atomic E-state index is 6.67. The molecule has 0 fully saturated rings. The van der Waals surface area contributed by atoms with Crippen molar-refractivity contribution >= 4 is 39.2 Å². The lowest BCUT2D eigenvalue weighted by atomic mass is 9.95. The molecule has 0 N–H and O–H groups in total. The fraction of sp³-hybridized carbons (Fsp3) is 0.235. The quantitative estimate of drug-likeness (QED) is 0.484. The topological polar surface area (TPSA) is 43.1 Å². The van der Waals surface area contributed by atoms with Gasteiger partial charge in [0.1, 0.15) is 11.5 Å². The van der Waals surface area contributed by atoms with Crippen molar-refractivity contribution in [1.82, 2.24) is 19.4 Å². The van der Waals surface area contributed by atoms with Crippen molar-refractivity contribution in [2.45, 2.75) is 26.2 Å². The lowest BCUT2D eigenvalue weighted by molar-refractivity contribution is 0.541. The monoisotopic (exact) mass is 310 g/mol. The Morgan fingerprint density at radius 1 is 1.00 bits per heavy atom. The zero-order chi connectivity index (χ0) is 15.5. The van der Waals surface area contributed by atoms with Crippen LogP contribution in [0, 0.1) is 0 Å². The Morgan fingerprint density at radius 3 is 2.41 bits per heavy atom. The van der Waals surface area contributed by atoms with E-state index in [-0.39, 0.29) is 5.41 Å². The fourth-order valence-electron chi connectivity index (χ4n) is 2.85. The molecule has 4 aromatic rings. The van der Waals surface area contributed by atoms with Gasteiger partial charge in [0, 0.05) is 28.6 Å². The van der Waals surface area contributed by atoms with Crippen molar-refractivity contribution in [2.75, 3.05) is 0 Å². The molecule has 0 amide bonds.